The maximum Gasteiger partial charge on any atom is 0.246 e. The zero-order chi connectivity index (χ0) is 13.4. The molecule has 0 aromatic rings. The van der Waals surface area contributed by atoms with Gasteiger partial charge in [-0.1, -0.05) is 6.92 Å². The van der Waals surface area contributed by atoms with Crippen LogP contribution in [-0.2, 0) is 14.3 Å². The largest absolute Gasteiger partial charge is 0.363 e. The normalized spacial score (nSPS) is 16.8. The third-order valence-corrected chi connectivity index (χ3v) is 2.80. The molecule has 0 unspecified atom stereocenters. The van der Waals surface area contributed by atoms with Gasteiger partial charge in [-0.05, 0) is 13.3 Å². The highest BCUT2D eigenvalue weighted by Crippen LogP contribution is 2.14. The third kappa shape index (κ3) is 5.46. The van der Waals surface area contributed by atoms with E-state index < -0.39 is 0 Å². The lowest BCUT2D eigenvalue weighted by Crippen LogP contribution is -2.59. The summed E-state index contributed by atoms with van der Waals surface area (Å²) in [5.74, 6) is -0.209. The van der Waals surface area contributed by atoms with Crippen LogP contribution in [0.5, 0.6) is 0 Å². The van der Waals surface area contributed by atoms with Gasteiger partial charge in [0.05, 0.1) is 5.60 Å². The van der Waals surface area contributed by atoms with Crippen molar-refractivity contribution >= 4 is 11.8 Å². The van der Waals surface area contributed by atoms with E-state index in [4.69, 9.17) is 4.74 Å². The topological polar surface area (TPSA) is 79.5 Å². The monoisotopic (exact) mass is 257 g/mol. The molecule has 0 spiro atoms. The number of rotatable bonds is 8. The lowest BCUT2D eigenvalue weighted by molar-refractivity contribution is -0.135. The molecule has 0 radical (unpaired) electrons. The minimum absolute atomic E-state index is 0.0341. The van der Waals surface area contributed by atoms with Crippen LogP contribution in [0.2, 0.25) is 0 Å². The summed E-state index contributed by atoms with van der Waals surface area (Å²) in [6, 6.07) is 0. The molecule has 6 heteroatoms. The Morgan fingerprint density at radius 2 is 1.89 bits per heavy atom. The minimum atomic E-state index is -0.212. The summed E-state index contributed by atoms with van der Waals surface area (Å²) in [6.45, 7) is 6.60. The first-order valence-electron chi connectivity index (χ1n) is 6.44. The fourth-order valence-electron chi connectivity index (χ4n) is 1.54. The molecule has 0 aromatic carbocycles. The molecule has 18 heavy (non-hydrogen) atoms. The number of carbonyl (C=O) groups is 2. The van der Waals surface area contributed by atoms with Crippen molar-refractivity contribution in [3.8, 4) is 0 Å². The molecule has 1 aliphatic rings. The number of nitrogens with one attached hydrogen (secondary N) is 3. The summed E-state index contributed by atoms with van der Waals surface area (Å²) in [4.78, 5) is 22.7. The van der Waals surface area contributed by atoms with E-state index in [1.54, 1.807) is 0 Å². The Balaban J connectivity index is 2.01. The summed E-state index contributed by atoms with van der Waals surface area (Å²) in [5, 5.41) is 8.51. The molecule has 1 rings (SSSR count). The van der Waals surface area contributed by atoms with E-state index in [2.05, 4.69) is 16.0 Å². The fourth-order valence-corrected chi connectivity index (χ4v) is 1.54. The molecular formula is C12H23N3O3. The molecule has 1 heterocycles. The van der Waals surface area contributed by atoms with Crippen LogP contribution >= 0.6 is 0 Å². The lowest BCUT2D eigenvalue weighted by Gasteiger charge is -2.38. The summed E-state index contributed by atoms with van der Waals surface area (Å²) >= 11 is 0. The standard InChI is InChI=1S/C12H23N3O3/c1-3-5-14-10(16)4-6-15-11(17)7-18-12(2)8-13-9-12/h13H,3-9H2,1-2H3,(H,14,16)(H,15,17). The van der Waals surface area contributed by atoms with E-state index in [0.29, 0.717) is 19.5 Å². The van der Waals surface area contributed by atoms with Gasteiger partial charge in [-0.25, -0.2) is 0 Å². The molecule has 0 saturated carbocycles. The Bertz CT molecular complexity index is 290. The minimum Gasteiger partial charge on any atom is -0.363 e. The van der Waals surface area contributed by atoms with Gasteiger partial charge in [-0.2, -0.15) is 0 Å². The lowest BCUT2D eigenvalue weighted by atomic mass is 10.0. The molecular weight excluding hydrogens is 234 g/mol. The molecule has 3 N–H and O–H groups in total. The van der Waals surface area contributed by atoms with E-state index >= 15 is 0 Å². The first kappa shape index (κ1) is 14.9. The molecule has 0 atom stereocenters. The van der Waals surface area contributed by atoms with Crippen LogP contribution in [0.25, 0.3) is 0 Å². The highest BCUT2D eigenvalue weighted by molar-refractivity contribution is 5.79. The number of carbonyl (C=O) groups excluding carboxylic acids is 2. The summed E-state index contributed by atoms with van der Waals surface area (Å²) < 4.78 is 5.47. The summed E-state index contributed by atoms with van der Waals surface area (Å²) in [6.07, 6.45) is 1.23. The fraction of sp³-hybridized carbons (Fsp3) is 0.833. The average Bonchev–Trinajstić information content (AvgIpc) is 2.31. The molecule has 6 nitrogen and oxygen atoms in total. The Hall–Kier alpha value is -1.14. The van der Waals surface area contributed by atoms with Crippen LogP contribution in [0, 0.1) is 0 Å². The zero-order valence-corrected chi connectivity index (χ0v) is 11.2. The van der Waals surface area contributed by atoms with Gasteiger partial charge in [-0.15, -0.1) is 0 Å². The van der Waals surface area contributed by atoms with Crippen LogP contribution in [0.4, 0.5) is 0 Å². The second-order valence-electron chi connectivity index (χ2n) is 4.79. The van der Waals surface area contributed by atoms with Gasteiger partial charge in [0, 0.05) is 32.6 Å². The molecule has 1 fully saturated rings. The maximum atomic E-state index is 11.4. The molecule has 0 aromatic heterocycles. The van der Waals surface area contributed by atoms with Crippen molar-refractivity contribution in [3.63, 3.8) is 0 Å². The smallest absolute Gasteiger partial charge is 0.246 e. The predicted molar refractivity (Wildman–Crippen MR) is 68.2 cm³/mol. The van der Waals surface area contributed by atoms with Crippen molar-refractivity contribution in [2.45, 2.75) is 32.3 Å². The summed E-state index contributed by atoms with van der Waals surface area (Å²) in [7, 11) is 0. The van der Waals surface area contributed by atoms with Gasteiger partial charge in [-0.3, -0.25) is 9.59 Å². The van der Waals surface area contributed by atoms with Gasteiger partial charge in [0.15, 0.2) is 0 Å². The molecule has 1 saturated heterocycles. The van der Waals surface area contributed by atoms with E-state index in [0.717, 1.165) is 19.5 Å². The van der Waals surface area contributed by atoms with Crippen LogP contribution < -0.4 is 16.0 Å². The second kappa shape index (κ2) is 7.33. The highest BCUT2D eigenvalue weighted by Gasteiger charge is 2.32. The van der Waals surface area contributed by atoms with Gasteiger partial charge >= 0.3 is 0 Å². The summed E-state index contributed by atoms with van der Waals surface area (Å²) in [5.41, 5.74) is -0.212. The number of hydrogen-bond donors (Lipinski definition) is 3. The van der Waals surface area contributed by atoms with Crippen molar-refractivity contribution in [1.29, 1.82) is 0 Å². The second-order valence-corrected chi connectivity index (χ2v) is 4.79. The van der Waals surface area contributed by atoms with Crippen LogP contribution in [0.15, 0.2) is 0 Å². The van der Waals surface area contributed by atoms with Crippen molar-refractivity contribution < 1.29 is 14.3 Å². The number of amides is 2. The van der Waals surface area contributed by atoms with Gasteiger partial charge < -0.3 is 20.7 Å². The number of ether oxygens (including phenoxy) is 1. The Morgan fingerprint density at radius 1 is 1.22 bits per heavy atom. The van der Waals surface area contributed by atoms with E-state index in [1.165, 1.54) is 0 Å². The molecule has 0 bridgehead atoms. The SMILES string of the molecule is CCCNC(=O)CCNC(=O)COC1(C)CNC1. The average molecular weight is 257 g/mol. The van der Waals surface area contributed by atoms with Crippen molar-refractivity contribution in [1.82, 2.24) is 16.0 Å². The first-order chi connectivity index (χ1) is 8.56. The predicted octanol–water partition coefficient (Wildman–Crippen LogP) is -0.603. The Morgan fingerprint density at radius 3 is 2.44 bits per heavy atom. The van der Waals surface area contributed by atoms with E-state index in [1.807, 2.05) is 13.8 Å². The van der Waals surface area contributed by atoms with Crippen LogP contribution in [0.1, 0.15) is 26.7 Å². The van der Waals surface area contributed by atoms with Crippen LogP contribution in [0.3, 0.4) is 0 Å². The quantitative estimate of drug-likeness (QED) is 0.542. The van der Waals surface area contributed by atoms with Gasteiger partial charge in [0.25, 0.3) is 0 Å². The van der Waals surface area contributed by atoms with Crippen molar-refractivity contribution in [2.75, 3.05) is 32.8 Å². The molecule has 1 aliphatic heterocycles. The van der Waals surface area contributed by atoms with Gasteiger partial charge in [0.2, 0.25) is 11.8 Å². The molecule has 104 valence electrons. The third-order valence-electron chi connectivity index (χ3n) is 2.80. The van der Waals surface area contributed by atoms with Gasteiger partial charge in [0.1, 0.15) is 6.61 Å². The van der Waals surface area contributed by atoms with Crippen LogP contribution in [-0.4, -0.2) is 50.2 Å². The van der Waals surface area contributed by atoms with Crippen molar-refractivity contribution in [2.24, 2.45) is 0 Å². The first-order valence-corrected chi connectivity index (χ1v) is 6.44. The van der Waals surface area contributed by atoms with E-state index in [-0.39, 0.29) is 24.0 Å². The Kier molecular flexibility index (Phi) is 6.07. The Labute approximate surface area is 108 Å². The molecule has 2 amide bonds. The highest BCUT2D eigenvalue weighted by atomic mass is 16.5. The van der Waals surface area contributed by atoms with Crippen molar-refractivity contribution in [3.05, 3.63) is 0 Å². The maximum absolute atomic E-state index is 11.4. The zero-order valence-electron chi connectivity index (χ0n) is 11.2. The number of hydrogen-bond acceptors (Lipinski definition) is 4. The van der Waals surface area contributed by atoms with E-state index in [9.17, 15) is 9.59 Å². The molecule has 0 aliphatic carbocycles.